The molecule has 0 aliphatic carbocycles. The molecule has 0 aromatic heterocycles. The zero-order chi connectivity index (χ0) is 14.4. The number of amides is 2. The predicted molar refractivity (Wildman–Crippen MR) is 69.4 cm³/mol. The van der Waals surface area contributed by atoms with Gasteiger partial charge in [-0.25, -0.2) is 0 Å². The zero-order valence-corrected chi connectivity index (χ0v) is 11.5. The lowest BCUT2D eigenvalue weighted by Crippen LogP contribution is -2.46. The van der Waals surface area contributed by atoms with Crippen LogP contribution in [-0.2, 0) is 14.4 Å². The fourth-order valence-corrected chi connectivity index (χ4v) is 2.45. The molecule has 6 heteroatoms. The van der Waals surface area contributed by atoms with Crippen LogP contribution < -0.4 is 5.32 Å². The fraction of sp³-hybridized carbons (Fsp3) is 0.769. The Morgan fingerprint density at radius 3 is 2.68 bits per heavy atom. The molecule has 0 aromatic carbocycles. The number of rotatable bonds is 5. The van der Waals surface area contributed by atoms with E-state index in [1.807, 2.05) is 6.92 Å². The maximum Gasteiger partial charge on any atom is 0.303 e. The molecule has 2 N–H and O–H groups in total. The summed E-state index contributed by atoms with van der Waals surface area (Å²) >= 11 is 0. The fourth-order valence-electron chi connectivity index (χ4n) is 2.45. The minimum Gasteiger partial charge on any atom is -0.481 e. The van der Waals surface area contributed by atoms with Gasteiger partial charge in [-0.15, -0.1) is 0 Å². The quantitative estimate of drug-likeness (QED) is 0.760. The number of carbonyl (C=O) groups is 3. The molecule has 0 spiro atoms. The van der Waals surface area contributed by atoms with Gasteiger partial charge in [-0.2, -0.15) is 0 Å². The molecule has 1 fully saturated rings. The third kappa shape index (κ3) is 5.28. The first-order chi connectivity index (χ1) is 8.90. The largest absolute Gasteiger partial charge is 0.481 e. The second-order valence-corrected chi connectivity index (χ2v) is 5.23. The highest BCUT2D eigenvalue weighted by Crippen LogP contribution is 2.26. The van der Waals surface area contributed by atoms with Crippen molar-refractivity contribution in [2.24, 2.45) is 11.8 Å². The van der Waals surface area contributed by atoms with E-state index in [4.69, 9.17) is 5.11 Å². The number of nitrogens with one attached hydrogen (secondary N) is 1. The van der Waals surface area contributed by atoms with Crippen LogP contribution in [0.25, 0.3) is 0 Å². The van der Waals surface area contributed by atoms with Crippen molar-refractivity contribution in [1.82, 2.24) is 10.2 Å². The van der Waals surface area contributed by atoms with Gasteiger partial charge in [0, 0.05) is 26.4 Å². The molecular weight excluding hydrogens is 248 g/mol. The number of nitrogens with zero attached hydrogens (tertiary/aromatic N) is 1. The van der Waals surface area contributed by atoms with Gasteiger partial charge in [-0.1, -0.05) is 6.92 Å². The van der Waals surface area contributed by atoms with Crippen LogP contribution >= 0.6 is 0 Å². The first-order valence-electron chi connectivity index (χ1n) is 6.64. The van der Waals surface area contributed by atoms with Crippen LogP contribution in [-0.4, -0.2) is 47.4 Å². The van der Waals surface area contributed by atoms with E-state index >= 15 is 0 Å². The summed E-state index contributed by atoms with van der Waals surface area (Å²) in [5, 5.41) is 11.3. The lowest BCUT2D eigenvalue weighted by Gasteiger charge is -2.35. The van der Waals surface area contributed by atoms with E-state index in [1.165, 1.54) is 6.92 Å². The zero-order valence-electron chi connectivity index (χ0n) is 11.5. The van der Waals surface area contributed by atoms with E-state index < -0.39 is 5.97 Å². The number of carbonyl (C=O) groups excluding carboxylic acids is 2. The summed E-state index contributed by atoms with van der Waals surface area (Å²) in [5.41, 5.74) is 0. The maximum absolute atomic E-state index is 11.9. The van der Waals surface area contributed by atoms with Crippen molar-refractivity contribution >= 4 is 17.8 Å². The van der Waals surface area contributed by atoms with Crippen molar-refractivity contribution < 1.29 is 19.5 Å². The number of piperidine rings is 1. The number of carboxylic acids is 1. The molecule has 2 amide bonds. The molecule has 0 saturated carbocycles. The van der Waals surface area contributed by atoms with Crippen LogP contribution in [0.15, 0.2) is 0 Å². The topological polar surface area (TPSA) is 86.7 Å². The Labute approximate surface area is 113 Å². The normalized spacial score (nSPS) is 20.7. The molecule has 1 heterocycles. The number of aliphatic carboxylic acids is 1. The number of hydrogen-bond donors (Lipinski definition) is 2. The molecule has 19 heavy (non-hydrogen) atoms. The van der Waals surface area contributed by atoms with Gasteiger partial charge in [0.1, 0.15) is 0 Å². The van der Waals surface area contributed by atoms with Crippen molar-refractivity contribution in [1.29, 1.82) is 0 Å². The standard InChI is InChI=1S/C13H22N2O4/c1-9(6-13(18)19)11-4-3-5-15(8-11)12(17)7-14-10(2)16/h9,11H,3-8H2,1-2H3,(H,14,16)(H,18,19). The van der Waals surface area contributed by atoms with Crippen LogP contribution in [0.2, 0.25) is 0 Å². The van der Waals surface area contributed by atoms with Crippen molar-refractivity contribution in [2.75, 3.05) is 19.6 Å². The lowest BCUT2D eigenvalue weighted by molar-refractivity contribution is -0.139. The van der Waals surface area contributed by atoms with E-state index in [1.54, 1.807) is 4.90 Å². The van der Waals surface area contributed by atoms with Crippen LogP contribution in [0.4, 0.5) is 0 Å². The molecule has 2 atom stereocenters. The minimum atomic E-state index is -0.797. The molecule has 6 nitrogen and oxygen atoms in total. The van der Waals surface area contributed by atoms with E-state index in [9.17, 15) is 14.4 Å². The third-order valence-electron chi connectivity index (χ3n) is 3.60. The molecule has 1 aliphatic heterocycles. The molecule has 0 radical (unpaired) electrons. The van der Waals surface area contributed by atoms with Gasteiger partial charge < -0.3 is 15.3 Å². The molecule has 0 aromatic rings. The molecule has 1 saturated heterocycles. The first kappa shape index (κ1) is 15.5. The van der Waals surface area contributed by atoms with Gasteiger partial charge in [0.05, 0.1) is 6.54 Å². The highest BCUT2D eigenvalue weighted by Gasteiger charge is 2.28. The summed E-state index contributed by atoms with van der Waals surface area (Å²) in [7, 11) is 0. The Morgan fingerprint density at radius 2 is 2.11 bits per heavy atom. The van der Waals surface area contributed by atoms with Crippen LogP contribution in [0, 0.1) is 11.8 Å². The van der Waals surface area contributed by atoms with Crippen molar-refractivity contribution in [2.45, 2.75) is 33.1 Å². The number of likely N-dealkylation sites (tertiary alicyclic amines) is 1. The molecule has 1 aliphatic rings. The molecular formula is C13H22N2O4. The highest BCUT2D eigenvalue weighted by atomic mass is 16.4. The SMILES string of the molecule is CC(=O)NCC(=O)N1CCCC(C(C)CC(=O)O)C1. The molecule has 0 bridgehead atoms. The summed E-state index contributed by atoms with van der Waals surface area (Å²) in [5.74, 6) is -0.822. The van der Waals surface area contributed by atoms with Gasteiger partial charge in [-0.05, 0) is 24.7 Å². The van der Waals surface area contributed by atoms with Crippen molar-refractivity contribution in [3.05, 3.63) is 0 Å². The molecule has 108 valence electrons. The Hall–Kier alpha value is -1.59. The van der Waals surface area contributed by atoms with Gasteiger partial charge in [0.2, 0.25) is 11.8 Å². The highest BCUT2D eigenvalue weighted by molar-refractivity contribution is 5.83. The van der Waals surface area contributed by atoms with Gasteiger partial charge >= 0.3 is 5.97 Å². The smallest absolute Gasteiger partial charge is 0.303 e. The van der Waals surface area contributed by atoms with Crippen molar-refractivity contribution in [3.8, 4) is 0 Å². The van der Waals surface area contributed by atoms with Gasteiger partial charge in [0.15, 0.2) is 0 Å². The molecule has 1 rings (SSSR count). The summed E-state index contributed by atoms with van der Waals surface area (Å²) < 4.78 is 0. The second-order valence-electron chi connectivity index (χ2n) is 5.23. The van der Waals surface area contributed by atoms with E-state index in [-0.39, 0.29) is 36.6 Å². The maximum atomic E-state index is 11.9. The Bertz CT molecular complexity index is 357. The van der Waals surface area contributed by atoms with Gasteiger partial charge in [-0.3, -0.25) is 14.4 Å². The summed E-state index contributed by atoms with van der Waals surface area (Å²) in [6.07, 6.45) is 1.98. The van der Waals surface area contributed by atoms with Crippen LogP contribution in [0.5, 0.6) is 0 Å². The summed E-state index contributed by atoms with van der Waals surface area (Å²) in [4.78, 5) is 35.1. The Morgan fingerprint density at radius 1 is 1.42 bits per heavy atom. The summed E-state index contributed by atoms with van der Waals surface area (Å²) in [6, 6.07) is 0. The average molecular weight is 270 g/mol. The first-order valence-corrected chi connectivity index (χ1v) is 6.64. The van der Waals surface area contributed by atoms with Crippen molar-refractivity contribution in [3.63, 3.8) is 0 Å². The number of carboxylic acid groups (broad SMARTS) is 1. The lowest BCUT2D eigenvalue weighted by atomic mass is 9.84. The van der Waals surface area contributed by atoms with E-state index in [2.05, 4.69) is 5.32 Å². The van der Waals surface area contributed by atoms with Gasteiger partial charge in [0.25, 0.3) is 0 Å². The Kier molecular flexibility index (Phi) is 5.79. The number of hydrogen-bond acceptors (Lipinski definition) is 3. The molecule has 2 unspecified atom stereocenters. The van der Waals surface area contributed by atoms with E-state index in [0.29, 0.717) is 13.1 Å². The second kappa shape index (κ2) is 7.11. The van der Waals surface area contributed by atoms with E-state index in [0.717, 1.165) is 12.8 Å². The van der Waals surface area contributed by atoms with Crippen LogP contribution in [0.3, 0.4) is 0 Å². The Balaban J connectivity index is 2.47. The minimum absolute atomic E-state index is 0.0232. The monoisotopic (exact) mass is 270 g/mol. The predicted octanol–water partition coefficient (Wildman–Crippen LogP) is 0.472. The van der Waals surface area contributed by atoms with Crippen LogP contribution in [0.1, 0.15) is 33.1 Å². The summed E-state index contributed by atoms with van der Waals surface area (Å²) in [6.45, 7) is 4.60. The average Bonchev–Trinajstić information content (AvgIpc) is 2.35. The third-order valence-corrected chi connectivity index (χ3v) is 3.60.